The lowest BCUT2D eigenvalue weighted by molar-refractivity contribution is 0.0699. The lowest BCUT2D eigenvalue weighted by Gasteiger charge is -2.06. The van der Waals surface area contributed by atoms with Crippen molar-refractivity contribution in [2.24, 2.45) is 0 Å². The van der Waals surface area contributed by atoms with E-state index in [0.717, 1.165) is 0 Å². The molecule has 0 atom stereocenters. The van der Waals surface area contributed by atoms with Gasteiger partial charge in [0.05, 0.1) is 19.4 Å². The maximum atomic E-state index is 11.7. The molecule has 0 spiro atoms. The van der Waals surface area contributed by atoms with E-state index in [9.17, 15) is 8.42 Å². The monoisotopic (exact) mass is 278 g/mol. The highest BCUT2D eigenvalue weighted by atomic mass is 32.2. The first-order chi connectivity index (χ1) is 8.58. The van der Waals surface area contributed by atoms with E-state index in [4.69, 9.17) is 15.2 Å². The van der Waals surface area contributed by atoms with Gasteiger partial charge in [0, 0.05) is 20.3 Å². The molecule has 9 heteroatoms. The maximum Gasteiger partial charge on any atom is 0.245 e. The van der Waals surface area contributed by atoms with Crippen LogP contribution in [0.1, 0.15) is 6.42 Å². The van der Waals surface area contributed by atoms with E-state index in [1.807, 2.05) is 0 Å². The number of anilines is 1. The molecule has 0 saturated carbocycles. The lowest BCUT2D eigenvalue weighted by Crippen LogP contribution is -2.26. The Labute approximate surface area is 106 Å². The standard InChI is InChI=1S/C9H18N4O4S/c1-16-5-6-17-4-2-3-12-18(14,15)8-7-11-13-9(8)10/h7,12H,2-6H2,1H3,(H3,10,11,13). The molecule has 0 aliphatic heterocycles. The molecule has 0 saturated heterocycles. The van der Waals surface area contributed by atoms with Gasteiger partial charge in [-0.2, -0.15) is 5.10 Å². The van der Waals surface area contributed by atoms with Crippen molar-refractivity contribution in [3.05, 3.63) is 6.20 Å². The summed E-state index contributed by atoms with van der Waals surface area (Å²) in [6.45, 7) is 1.77. The van der Waals surface area contributed by atoms with Gasteiger partial charge in [-0.15, -0.1) is 0 Å². The summed E-state index contributed by atoms with van der Waals surface area (Å²) >= 11 is 0. The third-order valence-corrected chi connectivity index (χ3v) is 3.60. The van der Waals surface area contributed by atoms with Gasteiger partial charge in [-0.25, -0.2) is 13.1 Å². The molecule has 1 aromatic heterocycles. The third kappa shape index (κ3) is 4.61. The van der Waals surface area contributed by atoms with Crippen LogP contribution < -0.4 is 10.5 Å². The van der Waals surface area contributed by atoms with Gasteiger partial charge in [0.1, 0.15) is 10.7 Å². The highest BCUT2D eigenvalue weighted by Crippen LogP contribution is 2.13. The molecule has 104 valence electrons. The maximum absolute atomic E-state index is 11.7. The number of rotatable bonds is 9. The Morgan fingerprint density at radius 3 is 2.83 bits per heavy atom. The fourth-order valence-corrected chi connectivity index (χ4v) is 2.30. The van der Waals surface area contributed by atoms with Crippen molar-refractivity contribution in [2.75, 3.05) is 39.2 Å². The van der Waals surface area contributed by atoms with Crippen molar-refractivity contribution < 1.29 is 17.9 Å². The van der Waals surface area contributed by atoms with Crippen LogP contribution in [0.15, 0.2) is 11.1 Å². The van der Waals surface area contributed by atoms with Gasteiger partial charge in [-0.3, -0.25) is 5.10 Å². The predicted molar refractivity (Wildman–Crippen MR) is 65.5 cm³/mol. The molecule has 18 heavy (non-hydrogen) atoms. The molecule has 1 aromatic rings. The summed E-state index contributed by atoms with van der Waals surface area (Å²) in [5.74, 6) is 0.0267. The van der Waals surface area contributed by atoms with Crippen LogP contribution in [-0.4, -0.2) is 52.1 Å². The number of aromatic amines is 1. The van der Waals surface area contributed by atoms with E-state index >= 15 is 0 Å². The Balaban J connectivity index is 2.25. The van der Waals surface area contributed by atoms with Gasteiger partial charge in [-0.05, 0) is 6.42 Å². The number of nitrogens with two attached hydrogens (primary N) is 1. The number of sulfonamides is 1. The molecule has 0 radical (unpaired) electrons. The number of nitrogens with zero attached hydrogens (tertiary/aromatic N) is 1. The van der Waals surface area contributed by atoms with E-state index < -0.39 is 10.0 Å². The highest BCUT2D eigenvalue weighted by Gasteiger charge is 2.18. The smallest absolute Gasteiger partial charge is 0.245 e. The quantitative estimate of drug-likeness (QED) is 0.515. The SMILES string of the molecule is COCCOCCCNS(=O)(=O)c1cn[nH]c1N. The second-order valence-corrected chi connectivity index (χ2v) is 5.24. The normalized spacial score (nSPS) is 11.8. The van der Waals surface area contributed by atoms with Crippen molar-refractivity contribution in [1.82, 2.24) is 14.9 Å². The summed E-state index contributed by atoms with van der Waals surface area (Å²) in [6.07, 6.45) is 1.74. The van der Waals surface area contributed by atoms with Gasteiger partial charge < -0.3 is 15.2 Å². The number of aromatic nitrogens is 2. The number of ether oxygens (including phenoxy) is 2. The number of nitrogens with one attached hydrogen (secondary N) is 2. The Morgan fingerprint density at radius 1 is 1.44 bits per heavy atom. The van der Waals surface area contributed by atoms with Crippen LogP contribution in [-0.2, 0) is 19.5 Å². The molecule has 0 aromatic carbocycles. The minimum absolute atomic E-state index is 0.0267. The first kappa shape index (κ1) is 14.9. The van der Waals surface area contributed by atoms with E-state index in [1.54, 1.807) is 7.11 Å². The van der Waals surface area contributed by atoms with Crippen LogP contribution in [0, 0.1) is 0 Å². The zero-order valence-corrected chi connectivity index (χ0v) is 11.0. The van der Waals surface area contributed by atoms with Crippen molar-refractivity contribution >= 4 is 15.8 Å². The minimum Gasteiger partial charge on any atom is -0.383 e. The van der Waals surface area contributed by atoms with E-state index in [2.05, 4.69) is 14.9 Å². The van der Waals surface area contributed by atoms with E-state index in [0.29, 0.717) is 26.2 Å². The molecule has 0 aliphatic carbocycles. The fraction of sp³-hybridized carbons (Fsp3) is 0.667. The summed E-state index contributed by atoms with van der Waals surface area (Å²) in [4.78, 5) is -0.0391. The molecule has 1 rings (SSSR count). The first-order valence-electron chi connectivity index (χ1n) is 5.43. The van der Waals surface area contributed by atoms with Crippen molar-refractivity contribution in [1.29, 1.82) is 0 Å². The summed E-state index contributed by atoms with van der Waals surface area (Å²) in [5.41, 5.74) is 5.44. The number of methoxy groups -OCH3 is 1. The number of H-pyrrole nitrogens is 1. The summed E-state index contributed by atoms with van der Waals surface area (Å²) in [7, 11) is -2.00. The topological polar surface area (TPSA) is 119 Å². The van der Waals surface area contributed by atoms with Crippen molar-refractivity contribution in [2.45, 2.75) is 11.3 Å². The largest absolute Gasteiger partial charge is 0.383 e. The number of hydrogen-bond acceptors (Lipinski definition) is 6. The van der Waals surface area contributed by atoms with Crippen LogP contribution in [0.2, 0.25) is 0 Å². The van der Waals surface area contributed by atoms with Crippen LogP contribution in [0.25, 0.3) is 0 Å². The summed E-state index contributed by atoms with van der Waals surface area (Å²) in [6, 6.07) is 0. The van der Waals surface area contributed by atoms with Gasteiger partial charge in [0.25, 0.3) is 0 Å². The summed E-state index contributed by atoms with van der Waals surface area (Å²) in [5, 5.41) is 5.93. The Bertz CT molecular complexity index is 445. The first-order valence-corrected chi connectivity index (χ1v) is 6.91. The zero-order valence-electron chi connectivity index (χ0n) is 10.2. The lowest BCUT2D eigenvalue weighted by atomic mass is 10.5. The molecule has 0 unspecified atom stereocenters. The molecule has 0 fully saturated rings. The Kier molecular flexibility index (Phi) is 6.05. The molecule has 8 nitrogen and oxygen atoms in total. The predicted octanol–water partition coefficient (Wildman–Crippen LogP) is -0.677. The Hall–Kier alpha value is -1.16. The molecule has 0 aliphatic rings. The van der Waals surface area contributed by atoms with Crippen LogP contribution in [0.5, 0.6) is 0 Å². The molecule has 1 heterocycles. The number of nitrogen functional groups attached to an aromatic ring is 1. The second-order valence-electron chi connectivity index (χ2n) is 3.50. The number of hydrogen-bond donors (Lipinski definition) is 3. The van der Waals surface area contributed by atoms with Crippen molar-refractivity contribution in [3.8, 4) is 0 Å². The van der Waals surface area contributed by atoms with Gasteiger partial charge in [0.15, 0.2) is 0 Å². The Morgan fingerprint density at radius 2 is 2.22 bits per heavy atom. The molecule has 0 bridgehead atoms. The molecule has 4 N–H and O–H groups in total. The van der Waals surface area contributed by atoms with Gasteiger partial charge >= 0.3 is 0 Å². The van der Waals surface area contributed by atoms with Crippen LogP contribution >= 0.6 is 0 Å². The van der Waals surface area contributed by atoms with Crippen molar-refractivity contribution in [3.63, 3.8) is 0 Å². The second kappa shape index (κ2) is 7.31. The third-order valence-electron chi connectivity index (χ3n) is 2.11. The van der Waals surface area contributed by atoms with Crippen LogP contribution in [0.3, 0.4) is 0 Å². The van der Waals surface area contributed by atoms with E-state index in [-0.39, 0.29) is 17.3 Å². The van der Waals surface area contributed by atoms with Gasteiger partial charge in [0.2, 0.25) is 10.0 Å². The van der Waals surface area contributed by atoms with Gasteiger partial charge in [-0.1, -0.05) is 0 Å². The minimum atomic E-state index is -3.59. The van der Waals surface area contributed by atoms with Crippen LogP contribution in [0.4, 0.5) is 5.82 Å². The van der Waals surface area contributed by atoms with E-state index in [1.165, 1.54) is 6.20 Å². The molecular formula is C9H18N4O4S. The highest BCUT2D eigenvalue weighted by molar-refractivity contribution is 7.89. The zero-order chi connectivity index (χ0) is 13.4. The average molecular weight is 278 g/mol. The average Bonchev–Trinajstić information content (AvgIpc) is 2.75. The fourth-order valence-electron chi connectivity index (χ4n) is 1.20. The summed E-state index contributed by atoms with van der Waals surface area (Å²) < 4.78 is 35.9. The molecule has 0 amide bonds. The molecular weight excluding hydrogens is 260 g/mol.